The van der Waals surface area contributed by atoms with Crippen molar-refractivity contribution in [3.05, 3.63) is 95.6 Å². The van der Waals surface area contributed by atoms with Gasteiger partial charge in [-0.25, -0.2) is 9.59 Å². The number of allylic oxidation sites excluding steroid dienone is 3. The highest BCUT2D eigenvalue weighted by atomic mass is 16.7. The molecule has 12 atom stereocenters. The van der Waals surface area contributed by atoms with Gasteiger partial charge in [-0.3, -0.25) is 14.5 Å². The first-order valence-corrected chi connectivity index (χ1v) is 20.0. The van der Waals surface area contributed by atoms with E-state index < -0.39 is 97.0 Å². The van der Waals surface area contributed by atoms with E-state index in [0.29, 0.717) is 23.8 Å². The van der Waals surface area contributed by atoms with Crippen molar-refractivity contribution in [1.82, 2.24) is 4.90 Å². The van der Waals surface area contributed by atoms with Crippen molar-refractivity contribution in [3.63, 3.8) is 0 Å². The standard InChI is InChI=1S/C45H59NO12/c1-8-37-34(26-48)23-27(2)19-20-35(49)28(3)24-33(21-22-47)40(29(4)36(50)25-38(51)55-37)58-45-42(57-44(53)32-17-13-10-14-18-32)39(46(6)7)41(30(5)54-45)56-43(52)31-15-11-9-12-16-31/h9-20,22-23,28-30,33-34,36-37,39-42,45,48,50H,8,21,24-26H2,1-7H3/t28-,29+,30-,33+,34-,36-,37-,39+,40-,41-,42-,45+/m1/s1. The van der Waals surface area contributed by atoms with Gasteiger partial charge in [0.25, 0.3) is 0 Å². The lowest BCUT2D eigenvalue weighted by Crippen LogP contribution is -2.65. The van der Waals surface area contributed by atoms with Crippen LogP contribution in [0.3, 0.4) is 0 Å². The Kier molecular flexibility index (Phi) is 17.5. The third-order valence-corrected chi connectivity index (χ3v) is 11.0. The minimum Gasteiger partial charge on any atom is -0.462 e. The van der Waals surface area contributed by atoms with Crippen molar-refractivity contribution in [2.75, 3.05) is 20.7 Å². The second-order valence-corrected chi connectivity index (χ2v) is 15.6. The summed E-state index contributed by atoms with van der Waals surface area (Å²) in [6.45, 7) is 8.40. The van der Waals surface area contributed by atoms with Crippen LogP contribution in [-0.4, -0.2) is 115 Å². The summed E-state index contributed by atoms with van der Waals surface area (Å²) in [5.74, 6) is -4.92. The molecule has 316 valence electrons. The maximum absolute atomic E-state index is 13.8. The zero-order valence-corrected chi connectivity index (χ0v) is 34.5. The SMILES string of the molecule is CC[C@H]1OC(=O)C[C@@H](O)[C@H](C)[C@@H](O[C@@H]2O[C@H](C)[C@@H](OC(=O)c3ccccc3)[C@H](N(C)C)[C@H]2OC(=O)c2ccccc2)[C@@H](CC=O)C[C@@H](C)C(=O)C=CC(C)=C[C@@H]1CO. The predicted octanol–water partition coefficient (Wildman–Crippen LogP) is 5.13. The van der Waals surface area contributed by atoms with Crippen LogP contribution in [0.5, 0.6) is 0 Å². The van der Waals surface area contributed by atoms with Crippen LogP contribution in [-0.2, 0) is 38.1 Å². The number of aliphatic hydroxyl groups excluding tert-OH is 2. The number of rotatable bonds is 11. The fourth-order valence-electron chi connectivity index (χ4n) is 7.70. The molecule has 0 spiro atoms. The molecule has 2 aliphatic rings. The molecule has 58 heavy (non-hydrogen) atoms. The van der Waals surface area contributed by atoms with Crippen molar-refractivity contribution < 1.29 is 57.9 Å². The van der Waals surface area contributed by atoms with Gasteiger partial charge in [0.05, 0.1) is 48.5 Å². The van der Waals surface area contributed by atoms with E-state index in [4.69, 9.17) is 23.7 Å². The summed E-state index contributed by atoms with van der Waals surface area (Å²) in [7, 11) is 3.49. The zero-order valence-electron chi connectivity index (χ0n) is 34.5. The molecule has 2 N–H and O–H groups in total. The van der Waals surface area contributed by atoms with Gasteiger partial charge in [0.15, 0.2) is 18.2 Å². The quantitative estimate of drug-likeness (QED) is 0.174. The number of aldehydes is 1. The third kappa shape index (κ3) is 12.2. The molecule has 0 saturated carbocycles. The van der Waals surface area contributed by atoms with Crippen LogP contribution in [0.25, 0.3) is 0 Å². The van der Waals surface area contributed by atoms with Crippen molar-refractivity contribution in [2.24, 2.45) is 23.7 Å². The number of likely N-dealkylation sites (N-methyl/N-ethyl adjacent to an activating group) is 1. The second kappa shape index (κ2) is 22.0. The topological polar surface area (TPSA) is 175 Å². The molecule has 2 heterocycles. The highest BCUT2D eigenvalue weighted by molar-refractivity contribution is 5.92. The summed E-state index contributed by atoms with van der Waals surface area (Å²) in [6.07, 6.45) is -1.91. The number of cyclic esters (lactones) is 1. The van der Waals surface area contributed by atoms with Crippen LogP contribution in [0.1, 0.15) is 81.0 Å². The Labute approximate surface area is 341 Å². The molecule has 4 rings (SSSR count). The summed E-state index contributed by atoms with van der Waals surface area (Å²) in [5, 5.41) is 21.9. The van der Waals surface area contributed by atoms with Gasteiger partial charge >= 0.3 is 17.9 Å². The lowest BCUT2D eigenvalue weighted by Gasteiger charge is -2.48. The van der Waals surface area contributed by atoms with E-state index in [-0.39, 0.29) is 30.8 Å². The maximum Gasteiger partial charge on any atom is 0.338 e. The fraction of sp³-hybridized carbons (Fsp3) is 0.533. The van der Waals surface area contributed by atoms with Gasteiger partial charge in [-0.05, 0) is 77.0 Å². The normalized spacial score (nSPS) is 31.5. The molecular formula is C45H59NO12. The predicted molar refractivity (Wildman–Crippen MR) is 214 cm³/mol. The minimum absolute atomic E-state index is 0.0757. The molecule has 2 aromatic carbocycles. The first kappa shape index (κ1) is 46.2. The first-order valence-electron chi connectivity index (χ1n) is 20.0. The Morgan fingerprint density at radius 1 is 0.897 bits per heavy atom. The van der Waals surface area contributed by atoms with E-state index in [1.807, 2.05) is 6.92 Å². The third-order valence-electron chi connectivity index (χ3n) is 11.0. The smallest absolute Gasteiger partial charge is 0.338 e. The number of aliphatic hydroxyl groups is 2. The van der Waals surface area contributed by atoms with E-state index >= 15 is 0 Å². The number of carbonyl (C=O) groups is 5. The number of esters is 3. The van der Waals surface area contributed by atoms with Gasteiger partial charge in [0, 0.05) is 24.2 Å². The highest BCUT2D eigenvalue weighted by Crippen LogP contribution is 2.36. The minimum atomic E-state index is -1.36. The molecule has 2 aromatic rings. The summed E-state index contributed by atoms with van der Waals surface area (Å²) < 4.78 is 31.4. The summed E-state index contributed by atoms with van der Waals surface area (Å²) in [6, 6.07) is 16.0. The number of hydrogen-bond acceptors (Lipinski definition) is 13. The van der Waals surface area contributed by atoms with E-state index in [1.165, 1.54) is 6.08 Å². The van der Waals surface area contributed by atoms with Crippen molar-refractivity contribution in [2.45, 2.75) is 109 Å². The van der Waals surface area contributed by atoms with Crippen LogP contribution in [0.15, 0.2) is 84.5 Å². The van der Waals surface area contributed by atoms with E-state index in [9.17, 15) is 34.2 Å². The molecule has 0 aliphatic carbocycles. The van der Waals surface area contributed by atoms with Gasteiger partial charge in [-0.2, -0.15) is 0 Å². The van der Waals surface area contributed by atoms with Crippen LogP contribution in [0.4, 0.5) is 0 Å². The van der Waals surface area contributed by atoms with E-state index in [2.05, 4.69) is 0 Å². The Morgan fingerprint density at radius 3 is 2.02 bits per heavy atom. The average molecular weight is 806 g/mol. The van der Waals surface area contributed by atoms with E-state index in [0.717, 1.165) is 0 Å². The molecule has 1 fully saturated rings. The maximum atomic E-state index is 13.8. The Morgan fingerprint density at radius 2 is 1.48 bits per heavy atom. The fourth-order valence-corrected chi connectivity index (χ4v) is 7.70. The van der Waals surface area contributed by atoms with Crippen molar-refractivity contribution in [1.29, 1.82) is 0 Å². The molecule has 0 amide bonds. The average Bonchev–Trinajstić information content (AvgIpc) is 3.21. The largest absolute Gasteiger partial charge is 0.462 e. The highest BCUT2D eigenvalue weighted by Gasteiger charge is 2.52. The lowest BCUT2D eigenvalue weighted by molar-refractivity contribution is -0.302. The number of carbonyl (C=O) groups excluding carboxylic acids is 5. The van der Waals surface area contributed by atoms with Crippen molar-refractivity contribution in [3.8, 4) is 0 Å². The van der Waals surface area contributed by atoms with E-state index in [1.54, 1.807) is 120 Å². The number of ketones is 1. The molecule has 0 aromatic heterocycles. The zero-order chi connectivity index (χ0) is 42.5. The Bertz CT molecular complexity index is 1730. The summed E-state index contributed by atoms with van der Waals surface area (Å²) >= 11 is 0. The Hall–Kier alpha value is -4.53. The molecule has 0 unspecified atom stereocenters. The number of benzene rings is 2. The van der Waals surface area contributed by atoms with Gasteiger partial charge in [-0.15, -0.1) is 0 Å². The second-order valence-electron chi connectivity index (χ2n) is 15.6. The first-order chi connectivity index (χ1) is 27.7. The van der Waals surface area contributed by atoms with Gasteiger partial charge in [0.1, 0.15) is 18.5 Å². The lowest BCUT2D eigenvalue weighted by atomic mass is 9.79. The number of hydrogen-bond donors (Lipinski definition) is 2. The van der Waals surface area contributed by atoms with Gasteiger partial charge in [-0.1, -0.05) is 74.9 Å². The monoisotopic (exact) mass is 805 g/mol. The van der Waals surface area contributed by atoms with Crippen LogP contribution in [0, 0.1) is 23.7 Å². The van der Waals surface area contributed by atoms with Crippen LogP contribution >= 0.6 is 0 Å². The summed E-state index contributed by atoms with van der Waals surface area (Å²) in [5.41, 5.74) is 1.25. The van der Waals surface area contributed by atoms with Gasteiger partial charge in [0.2, 0.25) is 0 Å². The van der Waals surface area contributed by atoms with Crippen LogP contribution in [0.2, 0.25) is 0 Å². The van der Waals surface area contributed by atoms with Gasteiger partial charge < -0.3 is 38.7 Å². The van der Waals surface area contributed by atoms with Crippen molar-refractivity contribution >= 4 is 30.0 Å². The molecule has 13 nitrogen and oxygen atoms in total. The molecule has 0 radical (unpaired) electrons. The molecule has 13 heteroatoms. The molecule has 2 aliphatic heterocycles. The number of nitrogens with zero attached hydrogens (tertiary/aromatic N) is 1. The molecule has 1 saturated heterocycles. The number of ether oxygens (including phenoxy) is 5. The summed E-state index contributed by atoms with van der Waals surface area (Å²) in [4.78, 5) is 68.2. The molecular weight excluding hydrogens is 746 g/mol. The van der Waals surface area contributed by atoms with Crippen LogP contribution < -0.4 is 0 Å². The Balaban J connectivity index is 1.78. The molecule has 0 bridgehead atoms.